The van der Waals surface area contributed by atoms with Gasteiger partial charge in [-0.3, -0.25) is 0 Å². The Kier molecular flexibility index (Phi) is 2.96. The second-order valence-corrected chi connectivity index (χ2v) is 2.23. The first kappa shape index (κ1) is 6.92. The van der Waals surface area contributed by atoms with Crippen molar-refractivity contribution in [2.24, 2.45) is 5.92 Å². The standard InChI is InChI=1S/C5H13NO/c1-5(2)4-6(3)7/h5,7H,4H2,1-3H3. The molecule has 0 aliphatic rings. The van der Waals surface area contributed by atoms with Crippen molar-refractivity contribution in [3.63, 3.8) is 0 Å². The lowest BCUT2D eigenvalue weighted by molar-refractivity contribution is -0.0728. The van der Waals surface area contributed by atoms with Gasteiger partial charge in [-0.25, -0.2) is 0 Å². The Hall–Kier alpha value is -0.0800. The molecule has 2 nitrogen and oxygen atoms in total. The first-order valence-electron chi connectivity index (χ1n) is 2.53. The van der Waals surface area contributed by atoms with Gasteiger partial charge in [0.15, 0.2) is 0 Å². The largest absolute Gasteiger partial charge is 0.314 e. The maximum Gasteiger partial charge on any atom is 0.0258 e. The molecule has 0 amide bonds. The van der Waals surface area contributed by atoms with E-state index in [0.29, 0.717) is 5.92 Å². The predicted octanol–water partition coefficient (Wildman–Crippen LogP) is 0.963. The lowest BCUT2D eigenvalue weighted by atomic mass is 10.2. The summed E-state index contributed by atoms with van der Waals surface area (Å²) < 4.78 is 0. The first-order chi connectivity index (χ1) is 3.13. The molecule has 0 aromatic rings. The van der Waals surface area contributed by atoms with Crippen LogP contribution >= 0.6 is 0 Å². The number of hydrogen-bond donors (Lipinski definition) is 1. The van der Waals surface area contributed by atoms with Crippen LogP contribution in [0, 0.1) is 5.92 Å². The van der Waals surface area contributed by atoms with Crippen LogP contribution in [0.5, 0.6) is 0 Å². The summed E-state index contributed by atoms with van der Waals surface area (Å²) in [4.78, 5) is 0. The highest BCUT2D eigenvalue weighted by Gasteiger charge is 1.93. The minimum atomic E-state index is 0.551. The molecular weight excluding hydrogens is 90.1 g/mol. The van der Waals surface area contributed by atoms with Crippen LogP contribution in [0.3, 0.4) is 0 Å². The average Bonchev–Trinajstić information content (AvgIpc) is 1.27. The molecule has 0 aromatic heterocycles. The molecule has 44 valence electrons. The third-order valence-corrected chi connectivity index (χ3v) is 0.629. The van der Waals surface area contributed by atoms with Crippen LogP contribution in [0.25, 0.3) is 0 Å². The quantitative estimate of drug-likeness (QED) is 0.526. The average molecular weight is 103 g/mol. The van der Waals surface area contributed by atoms with Gasteiger partial charge in [-0.15, -0.1) is 0 Å². The number of hydrogen-bond acceptors (Lipinski definition) is 2. The zero-order valence-corrected chi connectivity index (χ0v) is 5.18. The van der Waals surface area contributed by atoms with Crippen LogP contribution < -0.4 is 0 Å². The van der Waals surface area contributed by atoms with E-state index in [0.717, 1.165) is 6.54 Å². The summed E-state index contributed by atoms with van der Waals surface area (Å²) in [5.41, 5.74) is 0. The predicted molar refractivity (Wildman–Crippen MR) is 29.3 cm³/mol. The van der Waals surface area contributed by atoms with E-state index in [2.05, 4.69) is 13.8 Å². The van der Waals surface area contributed by atoms with Crippen molar-refractivity contribution < 1.29 is 5.21 Å². The second-order valence-electron chi connectivity index (χ2n) is 2.23. The van der Waals surface area contributed by atoms with E-state index in [9.17, 15) is 0 Å². The normalized spacial score (nSPS) is 11.1. The Morgan fingerprint density at radius 3 is 2.00 bits per heavy atom. The highest BCUT2D eigenvalue weighted by molar-refractivity contribution is 4.42. The maximum absolute atomic E-state index is 8.56. The molecular formula is C5H13NO. The fourth-order valence-corrected chi connectivity index (χ4v) is 0.528. The van der Waals surface area contributed by atoms with Crippen molar-refractivity contribution in [1.82, 2.24) is 5.06 Å². The van der Waals surface area contributed by atoms with Gasteiger partial charge in [0.25, 0.3) is 0 Å². The summed E-state index contributed by atoms with van der Waals surface area (Å²) in [5.74, 6) is 0.551. The van der Waals surface area contributed by atoms with E-state index in [-0.39, 0.29) is 0 Å². The highest BCUT2D eigenvalue weighted by Crippen LogP contribution is 1.90. The highest BCUT2D eigenvalue weighted by atomic mass is 16.5. The Morgan fingerprint density at radius 1 is 1.57 bits per heavy atom. The molecule has 0 radical (unpaired) electrons. The third kappa shape index (κ3) is 5.92. The van der Waals surface area contributed by atoms with Crippen molar-refractivity contribution >= 4 is 0 Å². The molecule has 2 heteroatoms. The van der Waals surface area contributed by atoms with Gasteiger partial charge >= 0.3 is 0 Å². The first-order valence-corrected chi connectivity index (χ1v) is 2.53. The lowest BCUT2D eigenvalue weighted by Crippen LogP contribution is -2.18. The van der Waals surface area contributed by atoms with Crippen LogP contribution in [-0.2, 0) is 0 Å². The maximum atomic E-state index is 8.56. The Morgan fingerprint density at radius 2 is 2.00 bits per heavy atom. The van der Waals surface area contributed by atoms with Crippen molar-refractivity contribution in [3.8, 4) is 0 Å². The Labute approximate surface area is 44.7 Å². The van der Waals surface area contributed by atoms with Crippen LogP contribution in [-0.4, -0.2) is 23.9 Å². The number of nitrogens with zero attached hydrogens (tertiary/aromatic N) is 1. The van der Waals surface area contributed by atoms with E-state index >= 15 is 0 Å². The zero-order valence-electron chi connectivity index (χ0n) is 5.18. The van der Waals surface area contributed by atoms with E-state index in [1.807, 2.05) is 0 Å². The van der Waals surface area contributed by atoms with E-state index in [1.165, 1.54) is 5.06 Å². The molecule has 0 bridgehead atoms. The topological polar surface area (TPSA) is 23.5 Å². The molecule has 0 heterocycles. The van der Waals surface area contributed by atoms with E-state index < -0.39 is 0 Å². The monoisotopic (exact) mass is 103 g/mol. The SMILES string of the molecule is CC(C)CN(C)O. The Bertz CT molecular complexity index is 37.3. The lowest BCUT2D eigenvalue weighted by Gasteiger charge is -2.09. The summed E-state index contributed by atoms with van der Waals surface area (Å²) in [6.07, 6.45) is 0. The fourth-order valence-electron chi connectivity index (χ4n) is 0.528. The van der Waals surface area contributed by atoms with Crippen molar-refractivity contribution in [2.45, 2.75) is 13.8 Å². The summed E-state index contributed by atoms with van der Waals surface area (Å²) in [5, 5.41) is 9.76. The van der Waals surface area contributed by atoms with Crippen molar-refractivity contribution in [2.75, 3.05) is 13.6 Å². The second kappa shape index (κ2) is 2.99. The number of rotatable bonds is 2. The van der Waals surface area contributed by atoms with Gasteiger partial charge in [-0.05, 0) is 5.92 Å². The molecule has 0 rings (SSSR count). The molecule has 0 saturated heterocycles. The molecule has 7 heavy (non-hydrogen) atoms. The Balaban J connectivity index is 2.95. The van der Waals surface area contributed by atoms with Gasteiger partial charge in [0.2, 0.25) is 0 Å². The smallest absolute Gasteiger partial charge is 0.0258 e. The van der Waals surface area contributed by atoms with Crippen molar-refractivity contribution in [1.29, 1.82) is 0 Å². The summed E-state index contributed by atoms with van der Waals surface area (Å²) >= 11 is 0. The molecule has 0 spiro atoms. The van der Waals surface area contributed by atoms with Crippen LogP contribution in [0.15, 0.2) is 0 Å². The minimum Gasteiger partial charge on any atom is -0.314 e. The van der Waals surface area contributed by atoms with E-state index in [4.69, 9.17) is 5.21 Å². The van der Waals surface area contributed by atoms with Crippen LogP contribution in [0.4, 0.5) is 0 Å². The molecule has 0 aromatic carbocycles. The van der Waals surface area contributed by atoms with Gasteiger partial charge in [-0.2, -0.15) is 5.06 Å². The molecule has 0 saturated carbocycles. The van der Waals surface area contributed by atoms with Gasteiger partial charge in [0.1, 0.15) is 0 Å². The minimum absolute atomic E-state index is 0.551. The zero-order chi connectivity index (χ0) is 5.86. The van der Waals surface area contributed by atoms with Crippen LogP contribution in [0.2, 0.25) is 0 Å². The number of hydroxylamine groups is 2. The summed E-state index contributed by atoms with van der Waals surface area (Å²) in [7, 11) is 1.65. The summed E-state index contributed by atoms with van der Waals surface area (Å²) in [6.45, 7) is 4.87. The third-order valence-electron chi connectivity index (χ3n) is 0.629. The molecule has 0 aliphatic carbocycles. The van der Waals surface area contributed by atoms with Gasteiger partial charge in [-0.1, -0.05) is 13.8 Å². The summed E-state index contributed by atoms with van der Waals surface area (Å²) in [6, 6.07) is 0. The van der Waals surface area contributed by atoms with Gasteiger partial charge in [0.05, 0.1) is 0 Å². The molecule has 0 atom stereocenters. The molecule has 0 aliphatic heterocycles. The molecule has 0 unspecified atom stereocenters. The van der Waals surface area contributed by atoms with Crippen LogP contribution in [0.1, 0.15) is 13.8 Å². The van der Waals surface area contributed by atoms with Gasteiger partial charge < -0.3 is 5.21 Å². The van der Waals surface area contributed by atoms with Crippen molar-refractivity contribution in [3.05, 3.63) is 0 Å². The molecule has 1 N–H and O–H groups in total. The van der Waals surface area contributed by atoms with Gasteiger partial charge in [0, 0.05) is 13.6 Å². The fraction of sp³-hybridized carbons (Fsp3) is 1.00. The molecule has 0 fully saturated rings. The van der Waals surface area contributed by atoms with E-state index in [1.54, 1.807) is 7.05 Å².